The highest BCUT2D eigenvalue weighted by atomic mass is 16.6. The first-order valence-electron chi connectivity index (χ1n) is 8.03. The molecule has 0 unspecified atom stereocenters. The molecule has 2 heterocycles. The molecule has 0 fully saturated rings. The van der Waals surface area contributed by atoms with Crippen molar-refractivity contribution in [3.63, 3.8) is 0 Å². The highest BCUT2D eigenvalue weighted by Gasteiger charge is 2.30. The Balaban J connectivity index is 2.02. The van der Waals surface area contributed by atoms with Crippen LogP contribution in [0.4, 0.5) is 10.5 Å². The van der Waals surface area contributed by atoms with Gasteiger partial charge in [0.15, 0.2) is 5.75 Å². The number of anilines is 1. The summed E-state index contributed by atoms with van der Waals surface area (Å²) in [5, 5.41) is 0.582. The number of nitrogens with zero attached hydrogens (tertiary/aromatic N) is 2. The topological polar surface area (TPSA) is 67.3 Å². The normalized spacial score (nSPS) is 11.5. The van der Waals surface area contributed by atoms with E-state index < -0.39 is 11.6 Å². The van der Waals surface area contributed by atoms with Gasteiger partial charge in [-0.25, -0.2) is 4.79 Å². The quantitative estimate of drug-likeness (QED) is 0.774. The number of rotatable bonds is 2. The lowest BCUT2D eigenvalue weighted by Crippen LogP contribution is -2.47. The number of aromatic nitrogens is 2. The summed E-state index contributed by atoms with van der Waals surface area (Å²) in [6, 6.07) is 11.1. The molecule has 1 aromatic carbocycles. The molecule has 0 aliphatic carbocycles. The Labute approximate surface area is 145 Å². The van der Waals surface area contributed by atoms with Gasteiger partial charge in [-0.1, -0.05) is 18.2 Å². The molecule has 0 aliphatic rings. The van der Waals surface area contributed by atoms with Crippen LogP contribution in [0, 0.1) is 0 Å². The second-order valence-corrected chi connectivity index (χ2v) is 6.89. The number of aromatic amines is 1. The minimum atomic E-state index is -0.500. The predicted molar refractivity (Wildman–Crippen MR) is 98.2 cm³/mol. The number of H-pyrrole nitrogens is 1. The van der Waals surface area contributed by atoms with Crippen molar-refractivity contribution in [1.82, 2.24) is 9.55 Å². The van der Waals surface area contributed by atoms with Gasteiger partial charge in [0.25, 0.3) is 5.56 Å². The van der Waals surface area contributed by atoms with Crippen molar-refractivity contribution >= 4 is 22.7 Å². The minimum Gasteiger partial charge on any atom is -0.408 e. The molecule has 3 aromatic rings. The van der Waals surface area contributed by atoms with E-state index in [1.165, 1.54) is 10.8 Å². The molecule has 0 spiro atoms. The summed E-state index contributed by atoms with van der Waals surface area (Å²) in [5.74, 6) is 0.341. The third-order valence-electron chi connectivity index (χ3n) is 3.92. The molecule has 130 valence electrons. The van der Waals surface area contributed by atoms with Gasteiger partial charge in [0.1, 0.15) is 5.52 Å². The smallest absolute Gasteiger partial charge is 0.408 e. The molecule has 0 atom stereocenters. The van der Waals surface area contributed by atoms with Gasteiger partial charge in [-0.05, 0) is 39.0 Å². The van der Waals surface area contributed by atoms with E-state index >= 15 is 0 Å². The van der Waals surface area contributed by atoms with Crippen molar-refractivity contribution in [2.75, 3.05) is 4.90 Å². The second kappa shape index (κ2) is 6.12. The van der Waals surface area contributed by atoms with Crippen molar-refractivity contribution in [2.45, 2.75) is 26.3 Å². The van der Waals surface area contributed by atoms with Crippen LogP contribution in [0.25, 0.3) is 10.9 Å². The van der Waals surface area contributed by atoms with Crippen molar-refractivity contribution in [3.8, 4) is 5.75 Å². The van der Waals surface area contributed by atoms with E-state index in [2.05, 4.69) is 4.98 Å². The summed E-state index contributed by atoms with van der Waals surface area (Å²) in [6.07, 6.45) is 2.68. The zero-order chi connectivity index (χ0) is 18.2. The molecular weight excluding hydrogens is 318 g/mol. The number of ether oxygens (including phenoxy) is 1. The summed E-state index contributed by atoms with van der Waals surface area (Å²) < 4.78 is 7.07. The number of hydrogen-bond donors (Lipinski definition) is 1. The van der Waals surface area contributed by atoms with Crippen LogP contribution in [0.15, 0.2) is 53.6 Å². The van der Waals surface area contributed by atoms with E-state index in [-0.39, 0.29) is 5.56 Å². The lowest BCUT2D eigenvalue weighted by molar-refractivity contribution is 0.202. The molecule has 25 heavy (non-hydrogen) atoms. The van der Waals surface area contributed by atoms with Gasteiger partial charge in [0, 0.05) is 29.9 Å². The number of para-hydroxylation sites is 1. The van der Waals surface area contributed by atoms with E-state index in [9.17, 15) is 9.59 Å². The second-order valence-electron chi connectivity index (χ2n) is 6.89. The third kappa shape index (κ3) is 3.15. The minimum absolute atomic E-state index is 0.171. The standard InChI is InChI=1S/C19H21N3O3/c1-19(2,3)22(13-8-6-5-7-9-13)18(24)25-15-12-21(4)17(23)16-14(15)10-11-20-16/h5-12,20H,1-4H3. The lowest BCUT2D eigenvalue weighted by atomic mass is 10.1. The average Bonchev–Trinajstić information content (AvgIpc) is 3.02. The van der Waals surface area contributed by atoms with E-state index in [0.29, 0.717) is 16.7 Å². The molecule has 1 amide bonds. The number of fused-ring (bicyclic) bond motifs is 1. The van der Waals surface area contributed by atoms with E-state index in [4.69, 9.17) is 4.74 Å². The van der Waals surface area contributed by atoms with Gasteiger partial charge in [-0.2, -0.15) is 0 Å². The van der Waals surface area contributed by atoms with Crippen LogP contribution >= 0.6 is 0 Å². The number of hydrogen-bond acceptors (Lipinski definition) is 3. The number of carbonyl (C=O) groups excluding carboxylic acids is 1. The molecular formula is C19H21N3O3. The molecule has 0 saturated heterocycles. The Kier molecular flexibility index (Phi) is 4.12. The maximum Gasteiger partial charge on any atom is 0.420 e. The number of carbonyl (C=O) groups is 1. The fourth-order valence-corrected chi connectivity index (χ4v) is 2.80. The maximum atomic E-state index is 12.9. The van der Waals surface area contributed by atoms with Crippen LogP contribution in [0.1, 0.15) is 20.8 Å². The van der Waals surface area contributed by atoms with E-state index in [1.54, 1.807) is 24.2 Å². The van der Waals surface area contributed by atoms with Crippen molar-refractivity contribution in [1.29, 1.82) is 0 Å². The van der Waals surface area contributed by atoms with Crippen LogP contribution < -0.4 is 15.2 Å². The highest BCUT2D eigenvalue weighted by molar-refractivity contribution is 5.93. The fourth-order valence-electron chi connectivity index (χ4n) is 2.80. The Morgan fingerprint density at radius 3 is 2.48 bits per heavy atom. The molecule has 3 rings (SSSR count). The van der Waals surface area contributed by atoms with Crippen molar-refractivity contribution < 1.29 is 9.53 Å². The number of amides is 1. The number of aryl methyl sites for hydroxylation is 1. The summed E-state index contributed by atoms with van der Waals surface area (Å²) in [4.78, 5) is 29.5. The molecule has 1 N–H and O–H groups in total. The summed E-state index contributed by atoms with van der Waals surface area (Å²) in [7, 11) is 1.62. The van der Waals surface area contributed by atoms with Gasteiger partial charge in [-0.3, -0.25) is 9.69 Å². The molecule has 6 nitrogen and oxygen atoms in total. The predicted octanol–water partition coefficient (Wildman–Crippen LogP) is 3.67. The molecule has 0 saturated carbocycles. The van der Waals surface area contributed by atoms with Crippen LogP contribution in [0.2, 0.25) is 0 Å². The van der Waals surface area contributed by atoms with Crippen LogP contribution in [-0.2, 0) is 7.05 Å². The Hall–Kier alpha value is -3.02. The van der Waals surface area contributed by atoms with Gasteiger partial charge in [-0.15, -0.1) is 0 Å². The Morgan fingerprint density at radius 2 is 1.84 bits per heavy atom. The molecule has 0 bridgehead atoms. The largest absolute Gasteiger partial charge is 0.420 e. The number of nitrogens with one attached hydrogen (secondary N) is 1. The average molecular weight is 339 g/mol. The Morgan fingerprint density at radius 1 is 1.16 bits per heavy atom. The van der Waals surface area contributed by atoms with Crippen LogP contribution in [-0.4, -0.2) is 21.2 Å². The highest BCUT2D eigenvalue weighted by Crippen LogP contribution is 2.27. The van der Waals surface area contributed by atoms with Crippen LogP contribution in [0.5, 0.6) is 5.75 Å². The zero-order valence-corrected chi connectivity index (χ0v) is 14.7. The third-order valence-corrected chi connectivity index (χ3v) is 3.92. The van der Waals surface area contributed by atoms with Crippen molar-refractivity contribution in [2.24, 2.45) is 7.05 Å². The lowest BCUT2D eigenvalue weighted by Gasteiger charge is -2.34. The summed E-state index contributed by atoms with van der Waals surface area (Å²) in [5.41, 5.74) is 0.511. The molecule has 0 aliphatic heterocycles. The van der Waals surface area contributed by atoms with Gasteiger partial charge in [0.05, 0.1) is 6.20 Å². The van der Waals surface area contributed by atoms with E-state index in [0.717, 1.165) is 5.69 Å². The monoisotopic (exact) mass is 339 g/mol. The number of benzene rings is 1. The van der Waals surface area contributed by atoms with Crippen LogP contribution in [0.3, 0.4) is 0 Å². The Bertz CT molecular complexity index is 965. The maximum absolute atomic E-state index is 12.9. The van der Waals surface area contributed by atoms with Gasteiger partial charge >= 0.3 is 6.09 Å². The molecule has 6 heteroatoms. The first-order valence-corrected chi connectivity index (χ1v) is 8.03. The number of pyridine rings is 1. The summed E-state index contributed by atoms with van der Waals surface area (Å²) >= 11 is 0. The van der Waals surface area contributed by atoms with Gasteiger partial charge < -0.3 is 14.3 Å². The first kappa shape index (κ1) is 16.8. The van der Waals surface area contributed by atoms with Gasteiger partial charge in [0.2, 0.25) is 0 Å². The first-order chi connectivity index (χ1) is 11.8. The zero-order valence-electron chi connectivity index (χ0n) is 14.7. The summed E-state index contributed by atoms with van der Waals surface area (Å²) in [6.45, 7) is 5.82. The molecule has 2 aromatic heterocycles. The molecule has 0 radical (unpaired) electrons. The fraction of sp³-hybridized carbons (Fsp3) is 0.263. The van der Waals surface area contributed by atoms with E-state index in [1.807, 2.05) is 51.1 Å². The van der Waals surface area contributed by atoms with Crippen molar-refractivity contribution in [3.05, 3.63) is 59.1 Å². The SMILES string of the molecule is Cn1cc(OC(=O)N(c2ccccc2)C(C)(C)C)c2cc[nH]c2c1=O.